The van der Waals surface area contributed by atoms with E-state index in [1.807, 2.05) is 43.3 Å². The third kappa shape index (κ3) is 6.45. The molecule has 0 fully saturated rings. The van der Waals surface area contributed by atoms with Crippen molar-refractivity contribution in [2.24, 2.45) is 5.73 Å². The average molecular weight is 720 g/mol. The predicted molar refractivity (Wildman–Crippen MR) is 193 cm³/mol. The van der Waals surface area contributed by atoms with Crippen LogP contribution in [-0.2, 0) is 22.6 Å². The molecule has 6 aromatic rings. The van der Waals surface area contributed by atoms with Crippen molar-refractivity contribution in [3.8, 4) is 33.6 Å². The van der Waals surface area contributed by atoms with Gasteiger partial charge in [0, 0.05) is 72.2 Å². The van der Waals surface area contributed by atoms with Crippen LogP contribution in [0.3, 0.4) is 0 Å². The van der Waals surface area contributed by atoms with Gasteiger partial charge in [-0.2, -0.15) is 10.2 Å². The molecule has 0 saturated carbocycles. The molecule has 50 heavy (non-hydrogen) atoms. The van der Waals surface area contributed by atoms with Crippen LogP contribution in [0.4, 0.5) is 0 Å². The Morgan fingerprint density at radius 3 is 1.80 bits per heavy atom. The number of esters is 1. The van der Waals surface area contributed by atoms with E-state index in [1.54, 1.807) is 52.0 Å². The molecule has 0 aliphatic rings. The van der Waals surface area contributed by atoms with E-state index in [2.05, 4.69) is 15.5 Å². The summed E-state index contributed by atoms with van der Waals surface area (Å²) >= 11 is 14.1. The van der Waals surface area contributed by atoms with E-state index in [9.17, 15) is 19.5 Å². The number of fused-ring (bicyclic) bond motifs is 2. The van der Waals surface area contributed by atoms with Gasteiger partial charge in [0.15, 0.2) is 0 Å². The van der Waals surface area contributed by atoms with Crippen LogP contribution in [0.15, 0.2) is 70.5 Å². The van der Waals surface area contributed by atoms with Crippen molar-refractivity contribution < 1.29 is 14.6 Å². The summed E-state index contributed by atoms with van der Waals surface area (Å²) in [5, 5.41) is 22.6. The fourth-order valence-corrected chi connectivity index (χ4v) is 6.68. The lowest BCUT2D eigenvalue weighted by Crippen LogP contribution is -2.43. The second-order valence-electron chi connectivity index (χ2n) is 11.7. The zero-order valence-corrected chi connectivity index (χ0v) is 29.2. The lowest BCUT2D eigenvalue weighted by Gasteiger charge is -2.16. The Bertz CT molecular complexity index is 2360. The first-order valence-corrected chi connectivity index (χ1v) is 16.8. The maximum Gasteiger partial charge on any atom is 0.325 e. The van der Waals surface area contributed by atoms with Gasteiger partial charge >= 0.3 is 5.97 Å². The minimum atomic E-state index is -0.886. The van der Waals surface area contributed by atoms with Gasteiger partial charge in [-0.05, 0) is 32.9 Å². The quantitative estimate of drug-likeness (QED) is 0.160. The number of carbonyl (C=O) groups is 1. The number of nitrogens with zero attached hydrogens (tertiary/aromatic N) is 6. The highest BCUT2D eigenvalue weighted by Gasteiger charge is 2.21. The summed E-state index contributed by atoms with van der Waals surface area (Å²) in [7, 11) is 0. The largest absolute Gasteiger partial charge is 0.465 e. The van der Waals surface area contributed by atoms with Crippen LogP contribution in [0.2, 0.25) is 10.0 Å². The number of hydrogen-bond acceptors (Lipinski definition) is 9. The number of aromatic nitrogens is 6. The minimum Gasteiger partial charge on any atom is -0.465 e. The van der Waals surface area contributed by atoms with Crippen molar-refractivity contribution in [1.82, 2.24) is 33.7 Å². The fraction of sp³-hybridized carbons (Fsp3) is 0.286. The molecule has 4 aromatic heterocycles. The number of aliphatic hydroxyl groups is 1. The van der Waals surface area contributed by atoms with Gasteiger partial charge < -0.3 is 30.0 Å². The molecular formula is C35H36Cl2N8O5. The van der Waals surface area contributed by atoms with Gasteiger partial charge in [0.1, 0.15) is 17.1 Å². The number of carbonyl (C=O) groups excluding carboxylic acids is 1. The molecular weight excluding hydrogens is 683 g/mol. The summed E-state index contributed by atoms with van der Waals surface area (Å²) in [6, 6.07) is 13.6. The van der Waals surface area contributed by atoms with Crippen LogP contribution >= 0.6 is 23.2 Å². The molecule has 4 N–H and O–H groups in total. The van der Waals surface area contributed by atoms with Gasteiger partial charge in [-0.15, -0.1) is 0 Å². The molecule has 1 atom stereocenters. The lowest BCUT2D eigenvalue weighted by molar-refractivity contribution is -0.146. The second kappa shape index (κ2) is 14.6. The van der Waals surface area contributed by atoms with E-state index in [0.717, 1.165) is 5.69 Å². The molecule has 15 heteroatoms. The maximum absolute atomic E-state index is 13.6. The van der Waals surface area contributed by atoms with Crippen molar-refractivity contribution in [2.45, 2.75) is 39.9 Å². The average Bonchev–Trinajstić information content (AvgIpc) is 3.71. The summed E-state index contributed by atoms with van der Waals surface area (Å²) < 4.78 is 11.3. The number of hydrogen-bond donors (Lipinski definition) is 3. The number of benzene rings is 2. The minimum absolute atomic E-state index is 0.187. The number of aryl methyl sites for hydroxylation is 2. The lowest BCUT2D eigenvalue weighted by atomic mass is 9.98. The Balaban J connectivity index is 1.33. The molecule has 0 saturated heterocycles. The SMILES string of the molecule is CCOC(=O)[C@H](CO)NCCn1c(C)cn2nc(-c3cccc(-c4cccc(-c5cc6c(=O)n(CCN)c(C)cn6n5)c4Cl)c3Cl)cc2c1=O. The topological polar surface area (TPSA) is 163 Å². The Morgan fingerprint density at radius 2 is 1.34 bits per heavy atom. The van der Waals surface area contributed by atoms with Crippen molar-refractivity contribution in [3.63, 3.8) is 0 Å². The van der Waals surface area contributed by atoms with E-state index in [0.29, 0.717) is 73.5 Å². The number of rotatable bonds is 12. The zero-order valence-electron chi connectivity index (χ0n) is 27.7. The van der Waals surface area contributed by atoms with Crippen LogP contribution in [0, 0.1) is 13.8 Å². The molecule has 13 nitrogen and oxygen atoms in total. The van der Waals surface area contributed by atoms with Gasteiger partial charge in [0.05, 0.1) is 34.6 Å². The molecule has 0 aliphatic heterocycles. The zero-order chi connectivity index (χ0) is 35.7. The van der Waals surface area contributed by atoms with E-state index in [1.165, 1.54) is 4.52 Å². The highest BCUT2D eigenvalue weighted by Crippen LogP contribution is 2.42. The number of nitrogens with two attached hydrogens (primary N) is 1. The van der Waals surface area contributed by atoms with E-state index < -0.39 is 18.6 Å². The molecule has 4 heterocycles. The summed E-state index contributed by atoms with van der Waals surface area (Å²) in [6.45, 7) is 6.32. The molecule has 0 aliphatic carbocycles. The highest BCUT2D eigenvalue weighted by molar-refractivity contribution is 6.39. The van der Waals surface area contributed by atoms with Crippen LogP contribution in [0.1, 0.15) is 18.3 Å². The number of halogens is 2. The van der Waals surface area contributed by atoms with Crippen LogP contribution in [-0.4, -0.2) is 71.8 Å². The van der Waals surface area contributed by atoms with E-state index in [4.69, 9.17) is 33.7 Å². The molecule has 6 rings (SSSR count). The first-order chi connectivity index (χ1) is 24.1. The van der Waals surface area contributed by atoms with Crippen molar-refractivity contribution in [1.29, 1.82) is 0 Å². The van der Waals surface area contributed by atoms with Crippen molar-refractivity contribution >= 4 is 40.2 Å². The Morgan fingerprint density at radius 1 is 0.860 bits per heavy atom. The molecule has 0 radical (unpaired) electrons. The smallest absolute Gasteiger partial charge is 0.325 e. The van der Waals surface area contributed by atoms with Crippen molar-refractivity contribution in [2.75, 3.05) is 26.3 Å². The predicted octanol–water partition coefficient (Wildman–Crippen LogP) is 3.70. The van der Waals surface area contributed by atoms with Gasteiger partial charge in [0.25, 0.3) is 11.1 Å². The molecule has 2 aromatic carbocycles. The first kappa shape index (κ1) is 35.1. The first-order valence-electron chi connectivity index (χ1n) is 16.1. The summed E-state index contributed by atoms with van der Waals surface area (Å²) in [4.78, 5) is 38.8. The van der Waals surface area contributed by atoms with Crippen LogP contribution in [0.5, 0.6) is 0 Å². The molecule has 0 unspecified atom stereocenters. The van der Waals surface area contributed by atoms with Gasteiger partial charge in [-0.25, -0.2) is 9.03 Å². The Hall–Kier alpha value is -4.79. The summed E-state index contributed by atoms with van der Waals surface area (Å²) in [6.07, 6.45) is 3.53. The standard InChI is InChI=1S/C35H36Cl2N8O5/c1-4-50-35(49)28(19-46)39-12-14-43-21(3)18-45-30(34(43)48)16-27(41-45)25-10-6-8-23(32(25)37)22-7-5-9-24(31(22)36)26-15-29-33(47)42(13-11-38)20(2)17-44(29)40-26/h5-10,15-18,28,39,46H,4,11-14,19,38H2,1-3H3/t28-/m0/s1. The monoisotopic (exact) mass is 718 g/mol. The van der Waals surface area contributed by atoms with Gasteiger partial charge in [-0.1, -0.05) is 59.6 Å². The summed E-state index contributed by atoms with van der Waals surface area (Å²) in [5.41, 5.74) is 10.9. The fourth-order valence-electron chi connectivity index (χ4n) is 6.03. The number of nitrogens with one attached hydrogen (secondary N) is 1. The van der Waals surface area contributed by atoms with Gasteiger partial charge in [-0.3, -0.25) is 14.4 Å². The Kier molecular flexibility index (Phi) is 10.2. The maximum atomic E-state index is 13.6. The van der Waals surface area contributed by atoms with Crippen LogP contribution < -0.4 is 22.2 Å². The molecule has 0 amide bonds. The third-order valence-corrected chi connectivity index (χ3v) is 9.36. The normalized spacial score (nSPS) is 12.2. The molecule has 0 spiro atoms. The van der Waals surface area contributed by atoms with E-state index in [-0.39, 0.29) is 30.8 Å². The van der Waals surface area contributed by atoms with Crippen LogP contribution in [0.25, 0.3) is 44.7 Å². The van der Waals surface area contributed by atoms with E-state index >= 15 is 0 Å². The molecule has 0 bridgehead atoms. The number of aliphatic hydroxyl groups excluding tert-OH is 1. The Labute approximate surface area is 296 Å². The number of ether oxygens (including phenoxy) is 1. The second-order valence-corrected chi connectivity index (χ2v) is 12.5. The summed E-state index contributed by atoms with van der Waals surface area (Å²) in [5.74, 6) is -0.554. The third-order valence-electron chi connectivity index (χ3n) is 8.54. The highest BCUT2D eigenvalue weighted by atomic mass is 35.5. The van der Waals surface area contributed by atoms with Crippen molar-refractivity contribution in [3.05, 3.63) is 103 Å². The molecule has 260 valence electrons. The van der Waals surface area contributed by atoms with Gasteiger partial charge in [0.2, 0.25) is 0 Å².